The predicted octanol–water partition coefficient (Wildman–Crippen LogP) is 3.41. The third-order valence-electron chi connectivity index (χ3n) is 3.45. The van der Waals surface area contributed by atoms with Crippen LogP contribution in [0.5, 0.6) is 5.75 Å². The third kappa shape index (κ3) is 5.06. The SMILES string of the molecule is C=C(CC(=O)Oc1ccccc1)C(=O)OC1CCCCC1. The molecule has 1 aliphatic rings. The molecule has 1 aromatic rings. The fourth-order valence-corrected chi connectivity index (χ4v) is 2.32. The van der Waals surface area contributed by atoms with Crippen LogP contribution in [-0.4, -0.2) is 18.0 Å². The molecular weight excluding hydrogens is 268 g/mol. The van der Waals surface area contributed by atoms with E-state index in [-0.39, 0.29) is 18.1 Å². The van der Waals surface area contributed by atoms with Crippen LogP contribution in [0.3, 0.4) is 0 Å². The minimum Gasteiger partial charge on any atom is -0.459 e. The number of para-hydroxylation sites is 1. The van der Waals surface area contributed by atoms with Crippen molar-refractivity contribution in [1.82, 2.24) is 0 Å². The maximum absolute atomic E-state index is 11.9. The fraction of sp³-hybridized carbons (Fsp3) is 0.412. The number of rotatable bonds is 5. The van der Waals surface area contributed by atoms with Crippen molar-refractivity contribution in [3.05, 3.63) is 42.5 Å². The summed E-state index contributed by atoms with van der Waals surface area (Å²) in [5.41, 5.74) is 0.140. The van der Waals surface area contributed by atoms with Crippen LogP contribution in [0.2, 0.25) is 0 Å². The standard InChI is InChI=1S/C17H20O4/c1-13(17(19)21-15-10-6-3-7-11-15)12-16(18)20-14-8-4-2-5-9-14/h2,4-5,8-9,15H,1,3,6-7,10-12H2. The van der Waals surface area contributed by atoms with Crippen LogP contribution in [0.4, 0.5) is 0 Å². The molecule has 1 aromatic carbocycles. The summed E-state index contributed by atoms with van der Waals surface area (Å²) < 4.78 is 10.5. The average molecular weight is 288 g/mol. The largest absolute Gasteiger partial charge is 0.459 e. The molecule has 0 spiro atoms. The first kappa shape index (κ1) is 15.3. The van der Waals surface area contributed by atoms with Crippen LogP contribution >= 0.6 is 0 Å². The molecule has 0 atom stereocenters. The second kappa shape index (κ2) is 7.62. The molecule has 2 rings (SSSR count). The first-order valence-corrected chi connectivity index (χ1v) is 7.29. The van der Waals surface area contributed by atoms with Gasteiger partial charge in [-0.15, -0.1) is 0 Å². The summed E-state index contributed by atoms with van der Waals surface area (Å²) in [5.74, 6) is -0.547. The summed E-state index contributed by atoms with van der Waals surface area (Å²) in [4.78, 5) is 23.6. The van der Waals surface area contributed by atoms with Crippen molar-refractivity contribution in [2.24, 2.45) is 0 Å². The number of benzene rings is 1. The van der Waals surface area contributed by atoms with Gasteiger partial charge in [0.15, 0.2) is 0 Å². The summed E-state index contributed by atoms with van der Waals surface area (Å²) in [5, 5.41) is 0. The second-order valence-electron chi connectivity index (χ2n) is 5.23. The maximum atomic E-state index is 11.9. The Bertz CT molecular complexity index is 501. The summed E-state index contributed by atoms with van der Waals surface area (Å²) in [6.45, 7) is 3.63. The van der Waals surface area contributed by atoms with Crippen LogP contribution in [0.25, 0.3) is 0 Å². The second-order valence-corrected chi connectivity index (χ2v) is 5.23. The smallest absolute Gasteiger partial charge is 0.334 e. The number of esters is 2. The van der Waals surface area contributed by atoms with E-state index in [0.717, 1.165) is 25.7 Å². The lowest BCUT2D eigenvalue weighted by molar-refractivity contribution is -0.147. The van der Waals surface area contributed by atoms with Crippen molar-refractivity contribution in [3.63, 3.8) is 0 Å². The van der Waals surface area contributed by atoms with Gasteiger partial charge >= 0.3 is 11.9 Å². The molecule has 0 aromatic heterocycles. The van der Waals surface area contributed by atoms with E-state index in [2.05, 4.69) is 6.58 Å². The molecule has 1 saturated carbocycles. The Balaban J connectivity index is 1.77. The van der Waals surface area contributed by atoms with Crippen LogP contribution in [0, 0.1) is 0 Å². The van der Waals surface area contributed by atoms with Gasteiger partial charge in [0.05, 0.1) is 6.42 Å². The lowest BCUT2D eigenvalue weighted by atomic mass is 9.98. The fourth-order valence-electron chi connectivity index (χ4n) is 2.32. The van der Waals surface area contributed by atoms with E-state index in [4.69, 9.17) is 9.47 Å². The summed E-state index contributed by atoms with van der Waals surface area (Å²) in [6, 6.07) is 8.74. The third-order valence-corrected chi connectivity index (χ3v) is 3.45. The Morgan fingerprint density at radius 3 is 2.43 bits per heavy atom. The summed E-state index contributed by atoms with van der Waals surface area (Å²) in [7, 11) is 0. The van der Waals surface area contributed by atoms with Gasteiger partial charge in [0, 0.05) is 5.57 Å². The van der Waals surface area contributed by atoms with Gasteiger partial charge < -0.3 is 9.47 Å². The zero-order valence-electron chi connectivity index (χ0n) is 12.0. The van der Waals surface area contributed by atoms with Gasteiger partial charge in [0.25, 0.3) is 0 Å². The van der Waals surface area contributed by atoms with Crippen molar-refractivity contribution in [2.75, 3.05) is 0 Å². The molecule has 0 radical (unpaired) electrons. The van der Waals surface area contributed by atoms with Gasteiger partial charge in [0.1, 0.15) is 11.9 Å². The summed E-state index contributed by atoms with van der Waals surface area (Å²) >= 11 is 0. The van der Waals surface area contributed by atoms with Crippen LogP contribution in [-0.2, 0) is 14.3 Å². The Kier molecular flexibility index (Phi) is 5.55. The molecule has 0 unspecified atom stereocenters. The van der Waals surface area contributed by atoms with E-state index in [1.807, 2.05) is 6.07 Å². The van der Waals surface area contributed by atoms with Gasteiger partial charge in [0.2, 0.25) is 0 Å². The number of hydrogen-bond acceptors (Lipinski definition) is 4. The van der Waals surface area contributed by atoms with Crippen molar-refractivity contribution in [3.8, 4) is 5.75 Å². The van der Waals surface area contributed by atoms with Crippen molar-refractivity contribution in [2.45, 2.75) is 44.6 Å². The topological polar surface area (TPSA) is 52.6 Å². The molecule has 0 aliphatic heterocycles. The molecule has 21 heavy (non-hydrogen) atoms. The molecule has 4 nitrogen and oxygen atoms in total. The van der Waals surface area contributed by atoms with E-state index in [9.17, 15) is 9.59 Å². The van der Waals surface area contributed by atoms with Gasteiger partial charge in [-0.25, -0.2) is 4.79 Å². The lowest BCUT2D eigenvalue weighted by Gasteiger charge is -2.22. The van der Waals surface area contributed by atoms with Gasteiger partial charge in [-0.2, -0.15) is 0 Å². The highest BCUT2D eigenvalue weighted by Gasteiger charge is 2.21. The van der Waals surface area contributed by atoms with E-state index in [1.165, 1.54) is 6.42 Å². The lowest BCUT2D eigenvalue weighted by Crippen LogP contribution is -2.23. The first-order chi connectivity index (χ1) is 10.1. The molecule has 0 saturated heterocycles. The highest BCUT2D eigenvalue weighted by Crippen LogP contribution is 2.21. The van der Waals surface area contributed by atoms with Crippen molar-refractivity contribution in [1.29, 1.82) is 0 Å². The van der Waals surface area contributed by atoms with Gasteiger partial charge in [-0.1, -0.05) is 31.2 Å². The molecule has 0 bridgehead atoms. The highest BCUT2D eigenvalue weighted by molar-refractivity contribution is 5.93. The van der Waals surface area contributed by atoms with Crippen molar-refractivity contribution >= 4 is 11.9 Å². The van der Waals surface area contributed by atoms with E-state index >= 15 is 0 Å². The summed E-state index contributed by atoms with van der Waals surface area (Å²) in [6.07, 6.45) is 4.97. The first-order valence-electron chi connectivity index (χ1n) is 7.29. The van der Waals surface area contributed by atoms with Crippen LogP contribution in [0.1, 0.15) is 38.5 Å². The highest BCUT2D eigenvalue weighted by atomic mass is 16.5. The van der Waals surface area contributed by atoms with Crippen LogP contribution < -0.4 is 4.74 Å². The minimum absolute atomic E-state index is 0.0341. The number of carbonyl (C=O) groups is 2. The molecule has 112 valence electrons. The van der Waals surface area contributed by atoms with Crippen LogP contribution in [0.15, 0.2) is 42.5 Å². The molecular formula is C17H20O4. The number of carbonyl (C=O) groups excluding carboxylic acids is 2. The zero-order chi connectivity index (χ0) is 15.1. The number of hydrogen-bond donors (Lipinski definition) is 0. The van der Waals surface area contributed by atoms with E-state index in [1.54, 1.807) is 24.3 Å². The molecule has 1 aliphatic carbocycles. The molecule has 1 fully saturated rings. The van der Waals surface area contributed by atoms with Gasteiger partial charge in [-0.3, -0.25) is 4.79 Å². The monoisotopic (exact) mass is 288 g/mol. The normalized spacial score (nSPS) is 15.2. The van der Waals surface area contributed by atoms with E-state index in [0.29, 0.717) is 5.75 Å². The maximum Gasteiger partial charge on any atom is 0.334 e. The quantitative estimate of drug-likeness (QED) is 0.473. The Morgan fingerprint density at radius 2 is 1.76 bits per heavy atom. The molecule has 0 heterocycles. The Labute approximate surface area is 124 Å². The van der Waals surface area contributed by atoms with Gasteiger partial charge in [-0.05, 0) is 37.8 Å². The Morgan fingerprint density at radius 1 is 1.10 bits per heavy atom. The molecule has 4 heteroatoms. The molecule has 0 N–H and O–H groups in total. The van der Waals surface area contributed by atoms with E-state index < -0.39 is 11.9 Å². The van der Waals surface area contributed by atoms with Crippen molar-refractivity contribution < 1.29 is 19.1 Å². The Hall–Kier alpha value is -2.10. The predicted molar refractivity (Wildman–Crippen MR) is 78.8 cm³/mol. The minimum atomic E-state index is -0.508. The average Bonchev–Trinajstić information content (AvgIpc) is 2.49. The molecule has 0 amide bonds. The number of ether oxygens (including phenoxy) is 2. The zero-order valence-corrected chi connectivity index (χ0v) is 12.0.